The molecule has 0 amide bonds. The maximum atomic E-state index is 5.74. The molecule has 1 atom stereocenters. The van der Waals surface area contributed by atoms with Crippen LogP contribution in [0, 0.1) is 0 Å². The van der Waals surface area contributed by atoms with Gasteiger partial charge in [-0.05, 0) is 35.8 Å². The number of benzene rings is 2. The maximum Gasteiger partial charge on any atom is 0.0184 e. The third-order valence-corrected chi connectivity index (χ3v) is 4.11. The van der Waals surface area contributed by atoms with Crippen molar-refractivity contribution in [3.05, 3.63) is 60.2 Å². The average molecular weight is 271 g/mol. The van der Waals surface area contributed by atoms with E-state index in [0.29, 0.717) is 6.04 Å². The lowest BCUT2D eigenvalue weighted by Crippen LogP contribution is -2.15. The van der Waals surface area contributed by atoms with Gasteiger partial charge in [0.25, 0.3) is 0 Å². The zero-order valence-electron chi connectivity index (χ0n) is 11.4. The Labute approximate surface area is 120 Å². The van der Waals surface area contributed by atoms with E-state index in [1.165, 1.54) is 16.7 Å². The van der Waals surface area contributed by atoms with Crippen molar-refractivity contribution in [3.63, 3.8) is 0 Å². The molecule has 100 valence electrons. The first kappa shape index (κ1) is 14.2. The predicted molar refractivity (Wildman–Crippen MR) is 86.3 cm³/mol. The number of rotatable bonds is 6. The number of hydrogen-bond donors (Lipinski definition) is 1. The quantitative estimate of drug-likeness (QED) is 0.792. The Kier molecular flexibility index (Phi) is 5.49. The van der Waals surface area contributed by atoms with E-state index in [1.54, 1.807) is 0 Å². The fourth-order valence-electron chi connectivity index (χ4n) is 1.88. The molecule has 0 bridgehead atoms. The molecular weight excluding hydrogens is 250 g/mol. The molecule has 0 heterocycles. The van der Waals surface area contributed by atoms with Crippen molar-refractivity contribution in [2.45, 2.75) is 25.1 Å². The molecule has 0 aromatic heterocycles. The molecule has 0 radical (unpaired) electrons. The Balaban J connectivity index is 1.88. The Morgan fingerprint density at radius 2 is 1.58 bits per heavy atom. The van der Waals surface area contributed by atoms with Gasteiger partial charge in [0.05, 0.1) is 0 Å². The molecule has 2 N–H and O–H groups in total. The van der Waals surface area contributed by atoms with Crippen molar-refractivity contribution in [3.8, 4) is 11.1 Å². The summed E-state index contributed by atoms with van der Waals surface area (Å²) < 4.78 is 0. The van der Waals surface area contributed by atoms with E-state index in [1.807, 2.05) is 17.8 Å². The van der Waals surface area contributed by atoms with Crippen LogP contribution in [0.3, 0.4) is 0 Å². The van der Waals surface area contributed by atoms with Crippen molar-refractivity contribution in [1.82, 2.24) is 0 Å². The second-order valence-electron chi connectivity index (χ2n) is 4.88. The average Bonchev–Trinajstić information content (AvgIpc) is 2.45. The highest BCUT2D eigenvalue weighted by Crippen LogP contribution is 2.21. The van der Waals surface area contributed by atoms with Gasteiger partial charge in [-0.25, -0.2) is 0 Å². The predicted octanol–water partition coefficient (Wildman–Crippen LogP) is 4.32. The number of thioether (sulfide) groups is 1. The molecule has 0 fully saturated rings. The minimum atomic E-state index is 0.313. The fraction of sp³-hybridized carbons (Fsp3) is 0.294. The summed E-state index contributed by atoms with van der Waals surface area (Å²) in [6, 6.07) is 19.7. The molecule has 2 aromatic rings. The van der Waals surface area contributed by atoms with Crippen molar-refractivity contribution in [2.24, 2.45) is 5.73 Å². The minimum absolute atomic E-state index is 0.313. The van der Waals surface area contributed by atoms with Gasteiger partial charge in [0, 0.05) is 11.8 Å². The molecule has 1 nitrogen and oxygen atoms in total. The van der Waals surface area contributed by atoms with Crippen molar-refractivity contribution in [2.75, 3.05) is 5.75 Å². The van der Waals surface area contributed by atoms with Gasteiger partial charge in [0.2, 0.25) is 0 Å². The highest BCUT2D eigenvalue weighted by molar-refractivity contribution is 7.98. The van der Waals surface area contributed by atoms with Crippen LogP contribution in [-0.2, 0) is 5.75 Å². The van der Waals surface area contributed by atoms with Gasteiger partial charge < -0.3 is 5.73 Å². The highest BCUT2D eigenvalue weighted by atomic mass is 32.2. The van der Waals surface area contributed by atoms with Crippen LogP contribution in [0.15, 0.2) is 54.6 Å². The molecule has 0 saturated heterocycles. The Hall–Kier alpha value is -1.25. The summed E-state index contributed by atoms with van der Waals surface area (Å²) >= 11 is 1.96. The first-order chi connectivity index (χ1) is 9.25. The van der Waals surface area contributed by atoms with Gasteiger partial charge in [-0.3, -0.25) is 0 Å². The van der Waals surface area contributed by atoms with Crippen LogP contribution in [0.2, 0.25) is 0 Å². The molecule has 1 unspecified atom stereocenters. The first-order valence-corrected chi connectivity index (χ1v) is 7.89. The Morgan fingerprint density at radius 1 is 0.947 bits per heavy atom. The largest absolute Gasteiger partial charge is 0.328 e. The second kappa shape index (κ2) is 7.37. The van der Waals surface area contributed by atoms with E-state index in [-0.39, 0.29) is 0 Å². The summed E-state index contributed by atoms with van der Waals surface area (Å²) in [5.74, 6) is 2.21. The topological polar surface area (TPSA) is 26.0 Å². The maximum absolute atomic E-state index is 5.74. The van der Waals surface area contributed by atoms with Gasteiger partial charge in [0.15, 0.2) is 0 Å². The lowest BCUT2D eigenvalue weighted by Gasteiger charge is -2.06. The van der Waals surface area contributed by atoms with Gasteiger partial charge in [0.1, 0.15) is 0 Å². The van der Waals surface area contributed by atoms with Gasteiger partial charge in [-0.1, -0.05) is 54.6 Å². The molecular formula is C17H21NS. The third-order valence-electron chi connectivity index (χ3n) is 3.05. The SMILES string of the molecule is CC(N)CCSCc1ccc(-c2ccccc2)cc1. The smallest absolute Gasteiger partial charge is 0.0184 e. The van der Waals surface area contributed by atoms with E-state index in [9.17, 15) is 0 Å². The molecule has 2 aromatic carbocycles. The van der Waals surface area contributed by atoms with E-state index in [2.05, 4.69) is 55.5 Å². The van der Waals surface area contributed by atoms with E-state index in [0.717, 1.165) is 17.9 Å². The molecule has 0 saturated carbocycles. The molecule has 2 heteroatoms. The summed E-state index contributed by atoms with van der Waals surface area (Å²) in [7, 11) is 0. The summed E-state index contributed by atoms with van der Waals surface area (Å²) in [6.07, 6.45) is 1.09. The summed E-state index contributed by atoms with van der Waals surface area (Å²) in [5, 5.41) is 0. The number of hydrogen-bond acceptors (Lipinski definition) is 2. The van der Waals surface area contributed by atoms with Crippen molar-refractivity contribution in [1.29, 1.82) is 0 Å². The van der Waals surface area contributed by atoms with Crippen molar-refractivity contribution >= 4 is 11.8 Å². The van der Waals surface area contributed by atoms with E-state index < -0.39 is 0 Å². The van der Waals surface area contributed by atoms with E-state index >= 15 is 0 Å². The summed E-state index contributed by atoms with van der Waals surface area (Å²) in [5.41, 5.74) is 9.69. The Bertz CT molecular complexity index is 476. The lowest BCUT2D eigenvalue weighted by molar-refractivity contribution is 0.721. The van der Waals surface area contributed by atoms with Gasteiger partial charge >= 0.3 is 0 Å². The van der Waals surface area contributed by atoms with Crippen molar-refractivity contribution < 1.29 is 0 Å². The fourth-order valence-corrected chi connectivity index (χ4v) is 2.99. The normalized spacial score (nSPS) is 12.3. The van der Waals surface area contributed by atoms with Crippen LogP contribution in [0.25, 0.3) is 11.1 Å². The second-order valence-corrected chi connectivity index (χ2v) is 5.99. The van der Waals surface area contributed by atoms with Crippen LogP contribution in [-0.4, -0.2) is 11.8 Å². The molecule has 0 aliphatic rings. The zero-order valence-corrected chi connectivity index (χ0v) is 12.2. The van der Waals surface area contributed by atoms with Crippen LogP contribution in [0.1, 0.15) is 18.9 Å². The lowest BCUT2D eigenvalue weighted by atomic mass is 10.0. The molecule has 0 spiro atoms. The van der Waals surface area contributed by atoms with E-state index in [4.69, 9.17) is 5.73 Å². The molecule has 2 rings (SSSR count). The molecule has 0 aliphatic heterocycles. The summed E-state index contributed by atoms with van der Waals surface area (Å²) in [4.78, 5) is 0. The standard InChI is InChI=1S/C17H21NS/c1-14(18)11-12-19-13-15-7-9-17(10-8-15)16-5-3-2-4-6-16/h2-10,14H,11-13,18H2,1H3. The zero-order chi connectivity index (χ0) is 13.5. The van der Waals surface area contributed by atoms with Crippen LogP contribution in [0.5, 0.6) is 0 Å². The van der Waals surface area contributed by atoms with Crippen LogP contribution < -0.4 is 5.73 Å². The third kappa shape index (κ3) is 4.73. The summed E-state index contributed by atoms with van der Waals surface area (Å²) in [6.45, 7) is 2.06. The van der Waals surface area contributed by atoms with Gasteiger partial charge in [-0.2, -0.15) is 11.8 Å². The number of nitrogens with two attached hydrogens (primary N) is 1. The Morgan fingerprint density at radius 3 is 2.21 bits per heavy atom. The molecule has 19 heavy (non-hydrogen) atoms. The first-order valence-electron chi connectivity index (χ1n) is 6.73. The molecule has 0 aliphatic carbocycles. The van der Waals surface area contributed by atoms with Crippen LogP contribution in [0.4, 0.5) is 0 Å². The van der Waals surface area contributed by atoms with Crippen LogP contribution >= 0.6 is 11.8 Å². The minimum Gasteiger partial charge on any atom is -0.328 e. The monoisotopic (exact) mass is 271 g/mol. The van der Waals surface area contributed by atoms with Gasteiger partial charge in [-0.15, -0.1) is 0 Å². The highest BCUT2D eigenvalue weighted by Gasteiger charge is 1.99.